The van der Waals surface area contributed by atoms with Gasteiger partial charge < -0.3 is 10.6 Å². The van der Waals surface area contributed by atoms with Crippen LogP contribution in [0.15, 0.2) is 53.4 Å². The number of para-hydroxylation sites is 1. The summed E-state index contributed by atoms with van der Waals surface area (Å²) in [5.41, 5.74) is 2.72. The number of rotatable bonds is 7. The average Bonchev–Trinajstić information content (AvgIpc) is 2.57. The van der Waals surface area contributed by atoms with Gasteiger partial charge in [-0.05, 0) is 37.4 Å². The van der Waals surface area contributed by atoms with E-state index in [4.69, 9.17) is 0 Å². The smallest absolute Gasteiger partial charge is 0.234 e. The van der Waals surface area contributed by atoms with Gasteiger partial charge in [0.25, 0.3) is 0 Å². The summed E-state index contributed by atoms with van der Waals surface area (Å²) in [5.74, 6) is 0.265. The first-order chi connectivity index (χ1) is 11.6. The van der Waals surface area contributed by atoms with Crippen LogP contribution < -0.4 is 10.6 Å². The molecule has 126 valence electrons. The third kappa shape index (κ3) is 5.94. The van der Waals surface area contributed by atoms with E-state index in [0.29, 0.717) is 0 Å². The zero-order valence-electron chi connectivity index (χ0n) is 13.7. The van der Waals surface area contributed by atoms with Crippen LogP contribution in [-0.4, -0.2) is 29.6 Å². The SMILES string of the molecule is CSc1ccccc1NC(=O)CSCC(=O)Nc1ccc(C)cc1. The number of carbonyl (C=O) groups is 2. The minimum atomic E-state index is -0.110. The first-order valence-electron chi connectivity index (χ1n) is 7.45. The van der Waals surface area contributed by atoms with E-state index in [1.807, 2.05) is 61.7 Å². The van der Waals surface area contributed by atoms with Crippen molar-refractivity contribution in [3.05, 3.63) is 54.1 Å². The number of hydrogen-bond acceptors (Lipinski definition) is 4. The Kier molecular flexibility index (Phi) is 7.21. The maximum absolute atomic E-state index is 12.0. The van der Waals surface area contributed by atoms with E-state index < -0.39 is 0 Å². The van der Waals surface area contributed by atoms with Gasteiger partial charge in [0.05, 0.1) is 17.2 Å². The summed E-state index contributed by atoms with van der Waals surface area (Å²) in [6.45, 7) is 2.00. The number of anilines is 2. The third-order valence-corrected chi connectivity index (χ3v) is 4.91. The van der Waals surface area contributed by atoms with Gasteiger partial charge in [0.1, 0.15) is 0 Å². The van der Waals surface area contributed by atoms with Crippen LogP contribution in [0.1, 0.15) is 5.56 Å². The highest BCUT2D eigenvalue weighted by atomic mass is 32.2. The van der Waals surface area contributed by atoms with E-state index in [0.717, 1.165) is 21.8 Å². The molecule has 0 heterocycles. The van der Waals surface area contributed by atoms with Gasteiger partial charge in [-0.25, -0.2) is 0 Å². The number of carbonyl (C=O) groups excluding carboxylic acids is 2. The van der Waals surface area contributed by atoms with Gasteiger partial charge in [-0.1, -0.05) is 29.8 Å². The molecule has 0 radical (unpaired) electrons. The van der Waals surface area contributed by atoms with Crippen LogP contribution in [-0.2, 0) is 9.59 Å². The topological polar surface area (TPSA) is 58.2 Å². The van der Waals surface area contributed by atoms with E-state index in [-0.39, 0.29) is 23.3 Å². The lowest BCUT2D eigenvalue weighted by Crippen LogP contribution is -2.18. The summed E-state index contributed by atoms with van der Waals surface area (Å²) in [6.07, 6.45) is 1.97. The fourth-order valence-electron chi connectivity index (χ4n) is 2.00. The maximum atomic E-state index is 12.0. The Morgan fingerprint density at radius 2 is 1.54 bits per heavy atom. The Balaban J connectivity index is 1.74. The van der Waals surface area contributed by atoms with Gasteiger partial charge in [0, 0.05) is 10.6 Å². The lowest BCUT2D eigenvalue weighted by Gasteiger charge is -2.09. The molecule has 2 amide bonds. The molecule has 24 heavy (non-hydrogen) atoms. The fraction of sp³-hybridized carbons (Fsp3) is 0.222. The second-order valence-electron chi connectivity index (χ2n) is 5.16. The zero-order valence-corrected chi connectivity index (χ0v) is 15.3. The van der Waals surface area contributed by atoms with Crippen LogP contribution in [0.3, 0.4) is 0 Å². The van der Waals surface area contributed by atoms with Crippen molar-refractivity contribution in [3.8, 4) is 0 Å². The fourth-order valence-corrected chi connectivity index (χ4v) is 3.18. The molecule has 0 saturated carbocycles. The van der Waals surface area contributed by atoms with Gasteiger partial charge in [0.2, 0.25) is 11.8 Å². The Morgan fingerprint density at radius 3 is 2.21 bits per heavy atom. The van der Waals surface area contributed by atoms with Crippen LogP contribution >= 0.6 is 23.5 Å². The Bertz CT molecular complexity index is 702. The largest absolute Gasteiger partial charge is 0.325 e. The average molecular weight is 361 g/mol. The summed E-state index contributed by atoms with van der Waals surface area (Å²) in [4.78, 5) is 24.9. The van der Waals surface area contributed by atoms with Crippen molar-refractivity contribution in [1.29, 1.82) is 0 Å². The molecule has 0 saturated heterocycles. The first-order valence-corrected chi connectivity index (χ1v) is 9.83. The Hall–Kier alpha value is -1.92. The highest BCUT2D eigenvalue weighted by Gasteiger charge is 2.08. The molecule has 2 N–H and O–H groups in total. The van der Waals surface area contributed by atoms with Crippen molar-refractivity contribution in [2.75, 3.05) is 28.4 Å². The molecule has 2 aromatic rings. The summed E-state index contributed by atoms with van der Waals surface area (Å²) in [5, 5.41) is 5.69. The second kappa shape index (κ2) is 9.39. The third-order valence-electron chi connectivity index (χ3n) is 3.18. The monoisotopic (exact) mass is 360 g/mol. The predicted octanol–water partition coefficient (Wildman–Crippen LogP) is 4.03. The minimum absolute atomic E-state index is 0.107. The summed E-state index contributed by atoms with van der Waals surface area (Å²) < 4.78 is 0. The van der Waals surface area contributed by atoms with Crippen LogP contribution in [0, 0.1) is 6.92 Å². The standard InChI is InChI=1S/C18H20N2O2S2/c1-13-7-9-14(10-8-13)19-17(21)11-24-12-18(22)20-15-5-3-4-6-16(15)23-2/h3-10H,11-12H2,1-2H3,(H,19,21)(H,20,22). The molecule has 0 aliphatic carbocycles. The number of aryl methyl sites for hydroxylation is 1. The zero-order chi connectivity index (χ0) is 17.4. The molecule has 0 atom stereocenters. The molecule has 2 rings (SSSR count). The number of nitrogens with one attached hydrogen (secondary N) is 2. The number of benzene rings is 2. The lowest BCUT2D eigenvalue weighted by molar-refractivity contribution is -0.114. The van der Waals surface area contributed by atoms with Crippen molar-refractivity contribution < 1.29 is 9.59 Å². The van der Waals surface area contributed by atoms with E-state index in [9.17, 15) is 9.59 Å². The molecular weight excluding hydrogens is 340 g/mol. The van der Waals surface area contributed by atoms with E-state index in [1.165, 1.54) is 11.8 Å². The van der Waals surface area contributed by atoms with Gasteiger partial charge >= 0.3 is 0 Å². The molecule has 2 aromatic carbocycles. The lowest BCUT2D eigenvalue weighted by atomic mass is 10.2. The van der Waals surface area contributed by atoms with Crippen molar-refractivity contribution in [2.45, 2.75) is 11.8 Å². The van der Waals surface area contributed by atoms with Crippen molar-refractivity contribution in [2.24, 2.45) is 0 Å². The maximum Gasteiger partial charge on any atom is 0.234 e. The molecular formula is C18H20N2O2S2. The van der Waals surface area contributed by atoms with E-state index in [2.05, 4.69) is 10.6 Å². The van der Waals surface area contributed by atoms with E-state index in [1.54, 1.807) is 11.8 Å². The summed E-state index contributed by atoms with van der Waals surface area (Å²) in [7, 11) is 0. The predicted molar refractivity (Wildman–Crippen MR) is 104 cm³/mol. The van der Waals surface area contributed by atoms with Crippen LogP contribution in [0.4, 0.5) is 11.4 Å². The highest BCUT2D eigenvalue weighted by molar-refractivity contribution is 8.00. The summed E-state index contributed by atoms with van der Waals surface area (Å²) in [6, 6.07) is 15.3. The molecule has 0 bridgehead atoms. The van der Waals surface area contributed by atoms with Gasteiger partial charge in [-0.3, -0.25) is 9.59 Å². The molecule has 4 nitrogen and oxygen atoms in total. The van der Waals surface area contributed by atoms with Gasteiger partial charge in [-0.2, -0.15) is 0 Å². The second-order valence-corrected chi connectivity index (χ2v) is 6.99. The number of amides is 2. The number of hydrogen-bond donors (Lipinski definition) is 2. The highest BCUT2D eigenvalue weighted by Crippen LogP contribution is 2.24. The normalized spacial score (nSPS) is 10.2. The molecule has 0 fully saturated rings. The molecule has 0 aliphatic rings. The molecule has 0 unspecified atom stereocenters. The Labute approximate surface area is 150 Å². The van der Waals surface area contributed by atoms with Crippen molar-refractivity contribution in [1.82, 2.24) is 0 Å². The van der Waals surface area contributed by atoms with Crippen molar-refractivity contribution in [3.63, 3.8) is 0 Å². The molecule has 0 aliphatic heterocycles. The molecule has 0 spiro atoms. The number of thioether (sulfide) groups is 2. The summed E-state index contributed by atoms with van der Waals surface area (Å²) >= 11 is 2.88. The minimum Gasteiger partial charge on any atom is -0.325 e. The quantitative estimate of drug-likeness (QED) is 0.732. The van der Waals surface area contributed by atoms with Crippen LogP contribution in [0.25, 0.3) is 0 Å². The molecule has 6 heteroatoms. The van der Waals surface area contributed by atoms with Gasteiger partial charge in [-0.15, -0.1) is 23.5 Å². The van der Waals surface area contributed by atoms with Gasteiger partial charge in [0.15, 0.2) is 0 Å². The van der Waals surface area contributed by atoms with Crippen LogP contribution in [0.5, 0.6) is 0 Å². The van der Waals surface area contributed by atoms with Crippen LogP contribution in [0.2, 0.25) is 0 Å². The van der Waals surface area contributed by atoms with E-state index >= 15 is 0 Å². The molecule has 0 aromatic heterocycles. The van der Waals surface area contributed by atoms with Crippen molar-refractivity contribution >= 4 is 46.7 Å². The first kappa shape index (κ1) is 18.4. The Morgan fingerprint density at radius 1 is 0.917 bits per heavy atom.